The Morgan fingerprint density at radius 3 is 2.67 bits per heavy atom. The van der Waals surface area contributed by atoms with Crippen LogP contribution < -0.4 is 10.6 Å². The van der Waals surface area contributed by atoms with Crippen LogP contribution in [-0.4, -0.2) is 40.5 Å². The standard InChI is InChI=1S/C23H30N4OS.HI/c1-3-24-23(26-14-15-29(28)17-19-9-5-4-6-10-19)25-13-12-20-16-27-21-11-7-8-18(2)22(20)21;/h4-11,16,27H,3,12-15,17H2,1-2H3,(H2,24,25,26);1H. The van der Waals surface area contributed by atoms with Gasteiger partial charge in [0.25, 0.3) is 0 Å². The zero-order chi connectivity index (χ0) is 20.5. The van der Waals surface area contributed by atoms with Gasteiger partial charge < -0.3 is 15.6 Å². The minimum absolute atomic E-state index is 0. The Kier molecular flexibility index (Phi) is 10.4. The number of aliphatic imine (C=N–C) groups is 1. The van der Waals surface area contributed by atoms with Crippen molar-refractivity contribution < 1.29 is 4.21 Å². The van der Waals surface area contributed by atoms with E-state index in [2.05, 4.69) is 51.9 Å². The summed E-state index contributed by atoms with van der Waals surface area (Å²) in [7, 11) is -0.907. The lowest BCUT2D eigenvalue weighted by Gasteiger charge is -2.11. The first-order valence-electron chi connectivity index (χ1n) is 10.1. The van der Waals surface area contributed by atoms with E-state index in [1.54, 1.807) is 0 Å². The molecule has 162 valence electrons. The molecule has 0 radical (unpaired) electrons. The van der Waals surface area contributed by atoms with Crippen LogP contribution >= 0.6 is 24.0 Å². The van der Waals surface area contributed by atoms with E-state index in [-0.39, 0.29) is 24.0 Å². The van der Waals surface area contributed by atoms with Crippen molar-refractivity contribution in [3.8, 4) is 0 Å². The molecule has 1 atom stereocenters. The first-order chi connectivity index (χ1) is 14.2. The highest BCUT2D eigenvalue weighted by atomic mass is 127. The molecule has 3 N–H and O–H groups in total. The molecule has 0 spiro atoms. The minimum Gasteiger partial charge on any atom is -0.361 e. The maximum Gasteiger partial charge on any atom is 0.191 e. The Hall–Kier alpha value is -1.87. The molecule has 0 saturated carbocycles. The van der Waals surface area contributed by atoms with Crippen molar-refractivity contribution in [3.63, 3.8) is 0 Å². The summed E-state index contributed by atoms with van der Waals surface area (Å²) in [5.74, 6) is 1.92. The zero-order valence-electron chi connectivity index (χ0n) is 17.6. The molecule has 2 aromatic carbocycles. The second kappa shape index (κ2) is 12.7. The molecule has 0 aliphatic rings. The number of aromatic amines is 1. The van der Waals surface area contributed by atoms with Gasteiger partial charge in [0.15, 0.2) is 5.96 Å². The molecule has 3 aromatic rings. The third-order valence-corrected chi connectivity index (χ3v) is 6.08. The predicted octanol–water partition coefficient (Wildman–Crippen LogP) is 4.14. The zero-order valence-corrected chi connectivity index (χ0v) is 20.8. The molecule has 0 fully saturated rings. The van der Waals surface area contributed by atoms with Gasteiger partial charge in [-0.05, 0) is 43.0 Å². The first kappa shape index (κ1) is 24.4. The van der Waals surface area contributed by atoms with Crippen molar-refractivity contribution in [3.05, 3.63) is 71.4 Å². The van der Waals surface area contributed by atoms with Gasteiger partial charge in [-0.3, -0.25) is 9.20 Å². The normalized spacial score (nSPS) is 12.4. The van der Waals surface area contributed by atoms with E-state index in [0.717, 1.165) is 31.0 Å². The lowest BCUT2D eigenvalue weighted by molar-refractivity contribution is 0.682. The summed E-state index contributed by atoms with van der Waals surface area (Å²) in [6.45, 7) is 6.33. The van der Waals surface area contributed by atoms with Gasteiger partial charge in [-0.2, -0.15) is 0 Å². The largest absolute Gasteiger partial charge is 0.361 e. The molecule has 0 amide bonds. The van der Waals surface area contributed by atoms with E-state index >= 15 is 0 Å². The number of guanidine groups is 1. The number of halogens is 1. The summed E-state index contributed by atoms with van der Waals surface area (Å²) in [4.78, 5) is 7.94. The van der Waals surface area contributed by atoms with Crippen LogP contribution in [0.15, 0.2) is 59.7 Å². The number of nitrogens with zero attached hydrogens (tertiary/aromatic N) is 1. The van der Waals surface area contributed by atoms with Gasteiger partial charge >= 0.3 is 0 Å². The van der Waals surface area contributed by atoms with Crippen molar-refractivity contribution in [2.45, 2.75) is 26.0 Å². The Balaban J connectivity index is 0.00000320. The van der Waals surface area contributed by atoms with Gasteiger partial charge in [0.1, 0.15) is 0 Å². The Morgan fingerprint density at radius 1 is 1.10 bits per heavy atom. The van der Waals surface area contributed by atoms with Crippen LogP contribution in [0.1, 0.15) is 23.6 Å². The SMILES string of the molecule is CCNC(=NCCS(=O)Cc1ccccc1)NCCc1c[nH]c2cccc(C)c12.I. The van der Waals surface area contributed by atoms with Gasteiger partial charge in [-0.25, -0.2) is 0 Å². The topological polar surface area (TPSA) is 69.3 Å². The fourth-order valence-electron chi connectivity index (χ4n) is 3.40. The van der Waals surface area contributed by atoms with Crippen molar-refractivity contribution in [2.24, 2.45) is 4.99 Å². The summed E-state index contributed by atoms with van der Waals surface area (Å²) in [6.07, 6.45) is 3.01. The average Bonchev–Trinajstić information content (AvgIpc) is 3.13. The van der Waals surface area contributed by atoms with Crippen LogP contribution in [0.2, 0.25) is 0 Å². The second-order valence-corrected chi connectivity index (χ2v) is 8.60. The summed E-state index contributed by atoms with van der Waals surface area (Å²) >= 11 is 0. The van der Waals surface area contributed by atoms with E-state index in [1.807, 2.05) is 37.3 Å². The molecule has 30 heavy (non-hydrogen) atoms. The molecule has 1 heterocycles. The average molecular weight is 538 g/mol. The number of hydrogen-bond donors (Lipinski definition) is 3. The highest BCUT2D eigenvalue weighted by Gasteiger charge is 2.07. The van der Waals surface area contributed by atoms with Gasteiger partial charge in [0.05, 0.1) is 6.54 Å². The summed E-state index contributed by atoms with van der Waals surface area (Å²) in [5.41, 5.74) is 4.89. The van der Waals surface area contributed by atoms with Crippen molar-refractivity contribution in [1.29, 1.82) is 0 Å². The van der Waals surface area contributed by atoms with Crippen molar-refractivity contribution >= 4 is 51.6 Å². The maximum atomic E-state index is 12.3. The minimum atomic E-state index is -0.907. The number of hydrogen-bond acceptors (Lipinski definition) is 2. The number of fused-ring (bicyclic) bond motifs is 1. The second-order valence-electron chi connectivity index (χ2n) is 7.02. The molecule has 1 unspecified atom stereocenters. The Labute approximate surface area is 198 Å². The number of benzene rings is 2. The maximum absolute atomic E-state index is 12.3. The molecular formula is C23H31IN4OS. The van der Waals surface area contributed by atoms with Crippen LogP contribution in [-0.2, 0) is 23.0 Å². The number of aryl methyl sites for hydroxylation is 1. The lowest BCUT2D eigenvalue weighted by Crippen LogP contribution is -2.38. The van der Waals surface area contributed by atoms with Crippen LogP contribution in [0, 0.1) is 6.92 Å². The third-order valence-electron chi connectivity index (χ3n) is 4.79. The predicted molar refractivity (Wildman–Crippen MR) is 139 cm³/mol. The third kappa shape index (κ3) is 7.12. The van der Waals surface area contributed by atoms with Crippen molar-refractivity contribution in [2.75, 3.05) is 25.4 Å². The Bertz CT molecular complexity index is 972. The highest BCUT2D eigenvalue weighted by Crippen LogP contribution is 2.22. The van der Waals surface area contributed by atoms with Gasteiger partial charge in [0, 0.05) is 52.5 Å². The van der Waals surface area contributed by atoms with Gasteiger partial charge in [-0.1, -0.05) is 42.5 Å². The monoisotopic (exact) mass is 538 g/mol. The summed E-state index contributed by atoms with van der Waals surface area (Å²) in [6, 6.07) is 16.3. The van der Waals surface area contributed by atoms with Crippen molar-refractivity contribution in [1.82, 2.24) is 15.6 Å². The van der Waals surface area contributed by atoms with Crippen LogP contribution in [0.25, 0.3) is 10.9 Å². The number of nitrogens with one attached hydrogen (secondary N) is 3. The number of aromatic nitrogens is 1. The molecular weight excluding hydrogens is 507 g/mol. The fraction of sp³-hybridized carbons (Fsp3) is 0.348. The molecule has 0 aliphatic carbocycles. The quantitative estimate of drug-likeness (QED) is 0.218. The molecule has 0 saturated heterocycles. The van der Waals surface area contributed by atoms with E-state index in [9.17, 15) is 4.21 Å². The molecule has 3 rings (SSSR count). The Morgan fingerprint density at radius 2 is 1.90 bits per heavy atom. The van der Waals surface area contributed by atoms with E-state index < -0.39 is 10.8 Å². The smallest absolute Gasteiger partial charge is 0.191 e. The van der Waals surface area contributed by atoms with Crippen LogP contribution in [0.4, 0.5) is 0 Å². The summed E-state index contributed by atoms with van der Waals surface area (Å²) in [5, 5.41) is 7.97. The van der Waals surface area contributed by atoms with Gasteiger partial charge in [-0.15, -0.1) is 24.0 Å². The lowest BCUT2D eigenvalue weighted by atomic mass is 10.1. The van der Waals surface area contributed by atoms with Gasteiger partial charge in [0.2, 0.25) is 0 Å². The van der Waals surface area contributed by atoms with Crippen LogP contribution in [0.3, 0.4) is 0 Å². The molecule has 5 nitrogen and oxygen atoms in total. The van der Waals surface area contributed by atoms with E-state index in [4.69, 9.17) is 0 Å². The van der Waals surface area contributed by atoms with E-state index in [0.29, 0.717) is 18.1 Å². The number of rotatable bonds is 9. The first-order valence-corrected chi connectivity index (χ1v) is 11.6. The fourth-order valence-corrected chi connectivity index (χ4v) is 4.40. The van der Waals surface area contributed by atoms with Crippen LogP contribution in [0.5, 0.6) is 0 Å². The highest BCUT2D eigenvalue weighted by molar-refractivity contribution is 14.0. The molecule has 0 bridgehead atoms. The number of H-pyrrole nitrogens is 1. The molecule has 0 aliphatic heterocycles. The summed E-state index contributed by atoms with van der Waals surface area (Å²) < 4.78 is 12.3. The molecule has 1 aromatic heterocycles. The van der Waals surface area contributed by atoms with E-state index in [1.165, 1.54) is 22.0 Å². The molecule has 7 heteroatoms.